The average molecular weight is 394 g/mol. The SMILES string of the molecule is CCCCN=C(N)c1ccc(N=NNc2ccc(C(N)=NCCCC)cc2)cc1. The summed E-state index contributed by atoms with van der Waals surface area (Å²) in [5, 5.41) is 8.20. The molecule has 7 nitrogen and oxygen atoms in total. The molecule has 0 atom stereocenters. The van der Waals surface area contributed by atoms with Gasteiger partial charge in [0.1, 0.15) is 11.7 Å². The van der Waals surface area contributed by atoms with Crippen molar-refractivity contribution in [3.63, 3.8) is 0 Å². The van der Waals surface area contributed by atoms with Crippen LogP contribution in [0.1, 0.15) is 50.7 Å². The number of hydrogen-bond donors (Lipinski definition) is 3. The maximum absolute atomic E-state index is 6.00. The van der Waals surface area contributed by atoms with Crippen molar-refractivity contribution >= 4 is 23.0 Å². The first-order chi connectivity index (χ1) is 14.1. The van der Waals surface area contributed by atoms with Crippen molar-refractivity contribution < 1.29 is 0 Å². The highest BCUT2D eigenvalue weighted by molar-refractivity contribution is 5.98. The number of nitrogens with two attached hydrogens (primary N) is 2. The van der Waals surface area contributed by atoms with E-state index in [0.29, 0.717) is 11.7 Å². The molecule has 2 aromatic carbocycles. The third-order valence-electron chi connectivity index (χ3n) is 4.28. The fraction of sp³-hybridized carbons (Fsp3) is 0.364. The van der Waals surface area contributed by atoms with Crippen LogP contribution in [0.15, 0.2) is 68.9 Å². The summed E-state index contributed by atoms with van der Waals surface area (Å²) in [5.74, 6) is 1.11. The molecule has 0 aromatic heterocycles. The molecule has 0 amide bonds. The Morgan fingerprint density at radius 1 is 0.759 bits per heavy atom. The first-order valence-corrected chi connectivity index (χ1v) is 10.1. The maximum atomic E-state index is 6.00. The number of hydrogen-bond acceptors (Lipinski definition) is 4. The molecule has 2 aromatic rings. The van der Waals surface area contributed by atoms with E-state index in [1.54, 1.807) is 0 Å². The molecule has 29 heavy (non-hydrogen) atoms. The number of unbranched alkanes of at least 4 members (excludes halogenated alkanes) is 2. The standard InChI is InChI=1S/C22H31N7/c1-3-5-15-25-21(23)17-7-11-19(12-8-17)27-29-28-20-13-9-18(10-14-20)22(24)26-16-6-4-2/h7-14H,3-6,15-16H2,1-2H3,(H2,23,25)(H2,24,26)(H,27,28). The highest BCUT2D eigenvalue weighted by Gasteiger charge is 2.00. The summed E-state index contributed by atoms with van der Waals surface area (Å²) in [7, 11) is 0. The number of nitrogens with one attached hydrogen (secondary N) is 1. The van der Waals surface area contributed by atoms with Crippen molar-refractivity contribution in [2.24, 2.45) is 31.8 Å². The van der Waals surface area contributed by atoms with Gasteiger partial charge in [0.2, 0.25) is 0 Å². The van der Waals surface area contributed by atoms with Crippen LogP contribution in [-0.4, -0.2) is 24.8 Å². The maximum Gasteiger partial charge on any atom is 0.125 e. The monoisotopic (exact) mass is 393 g/mol. The van der Waals surface area contributed by atoms with Crippen molar-refractivity contribution in [3.05, 3.63) is 59.7 Å². The molecule has 0 aliphatic carbocycles. The Hall–Kier alpha value is -3.22. The molecular formula is C22H31N7. The van der Waals surface area contributed by atoms with E-state index >= 15 is 0 Å². The fourth-order valence-corrected chi connectivity index (χ4v) is 2.45. The lowest BCUT2D eigenvalue weighted by Crippen LogP contribution is -2.13. The average Bonchev–Trinajstić information content (AvgIpc) is 2.75. The smallest absolute Gasteiger partial charge is 0.125 e. The summed E-state index contributed by atoms with van der Waals surface area (Å²) in [5.41, 5.74) is 18.2. The van der Waals surface area contributed by atoms with Crippen LogP contribution in [0.25, 0.3) is 0 Å². The second-order valence-electron chi connectivity index (χ2n) is 6.68. The highest BCUT2D eigenvalue weighted by Crippen LogP contribution is 2.15. The van der Waals surface area contributed by atoms with Gasteiger partial charge in [0.05, 0.1) is 11.4 Å². The zero-order valence-corrected chi connectivity index (χ0v) is 17.3. The minimum Gasteiger partial charge on any atom is -0.384 e. The molecule has 0 fully saturated rings. The minimum atomic E-state index is 0.553. The van der Waals surface area contributed by atoms with Gasteiger partial charge in [0.15, 0.2) is 0 Å². The van der Waals surface area contributed by atoms with Crippen LogP contribution >= 0.6 is 0 Å². The quantitative estimate of drug-likeness (QED) is 0.167. The van der Waals surface area contributed by atoms with Crippen molar-refractivity contribution in [1.82, 2.24) is 0 Å². The van der Waals surface area contributed by atoms with Crippen LogP contribution in [-0.2, 0) is 0 Å². The lowest BCUT2D eigenvalue weighted by atomic mass is 10.2. The molecule has 0 aliphatic heterocycles. The molecule has 0 saturated carbocycles. The molecule has 154 valence electrons. The second-order valence-corrected chi connectivity index (χ2v) is 6.68. The van der Waals surface area contributed by atoms with Gasteiger partial charge in [0.25, 0.3) is 0 Å². The van der Waals surface area contributed by atoms with Crippen LogP contribution in [0.2, 0.25) is 0 Å². The minimum absolute atomic E-state index is 0.553. The third kappa shape index (κ3) is 7.73. The Labute approximate surface area is 173 Å². The number of nitrogens with zero attached hydrogens (tertiary/aromatic N) is 4. The van der Waals surface area contributed by atoms with Gasteiger partial charge in [-0.1, -0.05) is 31.9 Å². The Kier molecular flexibility index (Phi) is 9.35. The van der Waals surface area contributed by atoms with Gasteiger partial charge in [-0.05, 0) is 61.4 Å². The molecule has 0 aliphatic rings. The number of benzene rings is 2. The Morgan fingerprint density at radius 3 is 1.72 bits per heavy atom. The van der Waals surface area contributed by atoms with E-state index in [9.17, 15) is 0 Å². The van der Waals surface area contributed by atoms with Crippen LogP contribution < -0.4 is 16.9 Å². The van der Waals surface area contributed by atoms with Gasteiger partial charge in [-0.3, -0.25) is 15.4 Å². The normalized spacial score (nSPS) is 12.5. The van der Waals surface area contributed by atoms with E-state index in [0.717, 1.165) is 61.3 Å². The van der Waals surface area contributed by atoms with Gasteiger partial charge in [-0.25, -0.2) is 0 Å². The number of rotatable bonds is 11. The van der Waals surface area contributed by atoms with Crippen molar-refractivity contribution in [1.29, 1.82) is 0 Å². The van der Waals surface area contributed by atoms with Crippen LogP contribution in [0.3, 0.4) is 0 Å². The number of amidine groups is 2. The zero-order chi connectivity index (χ0) is 20.9. The highest BCUT2D eigenvalue weighted by atomic mass is 15.4. The largest absolute Gasteiger partial charge is 0.384 e. The van der Waals surface area contributed by atoms with Gasteiger partial charge < -0.3 is 11.5 Å². The first kappa shape index (κ1) is 22.1. The summed E-state index contributed by atoms with van der Waals surface area (Å²) in [6, 6.07) is 15.1. The lowest BCUT2D eigenvalue weighted by molar-refractivity contribution is 0.807. The molecule has 2 rings (SSSR count). The molecule has 7 heteroatoms. The van der Waals surface area contributed by atoms with Gasteiger partial charge >= 0.3 is 0 Å². The Balaban J connectivity index is 1.89. The molecule has 0 radical (unpaired) electrons. The molecule has 0 saturated heterocycles. The second kappa shape index (κ2) is 12.3. The van der Waals surface area contributed by atoms with E-state index in [4.69, 9.17) is 11.5 Å². The van der Waals surface area contributed by atoms with Crippen molar-refractivity contribution in [2.75, 3.05) is 18.5 Å². The summed E-state index contributed by atoms with van der Waals surface area (Å²) in [6.07, 6.45) is 4.29. The molecule has 0 spiro atoms. The topological polar surface area (TPSA) is 114 Å². The van der Waals surface area contributed by atoms with E-state index in [-0.39, 0.29) is 0 Å². The summed E-state index contributed by atoms with van der Waals surface area (Å²) in [4.78, 5) is 8.74. The summed E-state index contributed by atoms with van der Waals surface area (Å²) < 4.78 is 0. The van der Waals surface area contributed by atoms with Gasteiger partial charge in [0, 0.05) is 24.2 Å². The Bertz CT molecular complexity index is 821. The van der Waals surface area contributed by atoms with E-state index in [2.05, 4.69) is 39.6 Å². The third-order valence-corrected chi connectivity index (χ3v) is 4.28. The lowest BCUT2D eigenvalue weighted by Gasteiger charge is -2.04. The molecule has 0 heterocycles. The van der Waals surface area contributed by atoms with Crippen LogP contribution in [0.5, 0.6) is 0 Å². The van der Waals surface area contributed by atoms with Gasteiger partial charge in [-0.15, -0.1) is 5.11 Å². The number of anilines is 1. The number of aliphatic imine (C=N–C) groups is 2. The molecular weight excluding hydrogens is 362 g/mol. The fourth-order valence-electron chi connectivity index (χ4n) is 2.45. The molecule has 5 N–H and O–H groups in total. The van der Waals surface area contributed by atoms with E-state index < -0.39 is 0 Å². The first-order valence-electron chi connectivity index (χ1n) is 10.1. The molecule has 0 bridgehead atoms. The van der Waals surface area contributed by atoms with Crippen molar-refractivity contribution in [3.8, 4) is 0 Å². The van der Waals surface area contributed by atoms with E-state index in [1.807, 2.05) is 48.5 Å². The van der Waals surface area contributed by atoms with Crippen LogP contribution in [0.4, 0.5) is 11.4 Å². The zero-order valence-electron chi connectivity index (χ0n) is 17.3. The van der Waals surface area contributed by atoms with Crippen LogP contribution in [0, 0.1) is 0 Å². The summed E-state index contributed by atoms with van der Waals surface area (Å²) >= 11 is 0. The van der Waals surface area contributed by atoms with Crippen molar-refractivity contribution in [2.45, 2.75) is 39.5 Å². The van der Waals surface area contributed by atoms with E-state index in [1.165, 1.54) is 0 Å². The summed E-state index contributed by atoms with van der Waals surface area (Å²) in [6.45, 7) is 5.77. The van der Waals surface area contributed by atoms with Gasteiger partial charge in [-0.2, -0.15) is 0 Å². The molecule has 0 unspecified atom stereocenters. The Morgan fingerprint density at radius 2 is 1.24 bits per heavy atom. The predicted molar refractivity (Wildman–Crippen MR) is 122 cm³/mol. The predicted octanol–water partition coefficient (Wildman–Crippen LogP) is 4.81.